The third-order valence-electron chi connectivity index (χ3n) is 4.12. The van der Waals surface area contributed by atoms with E-state index in [1.165, 1.54) is 18.9 Å². The van der Waals surface area contributed by atoms with Crippen LogP contribution in [-0.2, 0) is 13.1 Å². The van der Waals surface area contributed by atoms with Crippen LogP contribution in [0.2, 0.25) is 0 Å². The van der Waals surface area contributed by atoms with Gasteiger partial charge in [0.05, 0.1) is 0 Å². The molecule has 1 aliphatic rings. The van der Waals surface area contributed by atoms with Crippen molar-refractivity contribution in [3.8, 4) is 0 Å². The Morgan fingerprint density at radius 1 is 1.32 bits per heavy atom. The molecule has 19 heavy (non-hydrogen) atoms. The van der Waals surface area contributed by atoms with Gasteiger partial charge in [-0.05, 0) is 63.3 Å². The fourth-order valence-electron chi connectivity index (χ4n) is 2.77. The summed E-state index contributed by atoms with van der Waals surface area (Å²) < 4.78 is 13.4. The molecule has 1 aromatic rings. The van der Waals surface area contributed by atoms with Gasteiger partial charge in [0.1, 0.15) is 5.82 Å². The van der Waals surface area contributed by atoms with Crippen molar-refractivity contribution in [2.75, 3.05) is 27.2 Å². The van der Waals surface area contributed by atoms with Gasteiger partial charge in [0.25, 0.3) is 0 Å². The zero-order valence-electron chi connectivity index (χ0n) is 11.9. The zero-order chi connectivity index (χ0) is 13.8. The Bertz CT molecular complexity index is 414. The summed E-state index contributed by atoms with van der Waals surface area (Å²) in [5.41, 5.74) is 7.79. The van der Waals surface area contributed by atoms with Crippen LogP contribution < -0.4 is 5.73 Å². The number of piperidine rings is 1. The van der Waals surface area contributed by atoms with Crippen LogP contribution in [0.5, 0.6) is 0 Å². The Morgan fingerprint density at radius 2 is 2.00 bits per heavy atom. The number of rotatable bonds is 4. The molecule has 1 aromatic carbocycles. The molecule has 106 valence electrons. The third kappa shape index (κ3) is 3.75. The van der Waals surface area contributed by atoms with Crippen molar-refractivity contribution in [3.63, 3.8) is 0 Å². The van der Waals surface area contributed by atoms with Crippen LogP contribution in [0.15, 0.2) is 18.2 Å². The summed E-state index contributed by atoms with van der Waals surface area (Å²) in [4.78, 5) is 4.69. The lowest BCUT2D eigenvalue weighted by Crippen LogP contribution is -2.41. The molecule has 0 unspecified atom stereocenters. The molecule has 1 heterocycles. The first kappa shape index (κ1) is 14.4. The van der Waals surface area contributed by atoms with Crippen LogP contribution in [0.1, 0.15) is 24.0 Å². The topological polar surface area (TPSA) is 32.5 Å². The van der Waals surface area contributed by atoms with E-state index < -0.39 is 0 Å². The van der Waals surface area contributed by atoms with Crippen molar-refractivity contribution < 1.29 is 4.39 Å². The molecule has 0 bridgehead atoms. The third-order valence-corrected chi connectivity index (χ3v) is 4.12. The molecular formula is C15H24FN3. The van der Waals surface area contributed by atoms with Gasteiger partial charge in [-0.15, -0.1) is 0 Å². The van der Waals surface area contributed by atoms with Gasteiger partial charge in [0.2, 0.25) is 0 Å². The van der Waals surface area contributed by atoms with E-state index >= 15 is 0 Å². The first-order valence-corrected chi connectivity index (χ1v) is 6.96. The number of halogens is 1. The number of nitrogens with two attached hydrogens (primary N) is 1. The fraction of sp³-hybridized carbons (Fsp3) is 0.600. The van der Waals surface area contributed by atoms with E-state index in [0.717, 1.165) is 30.8 Å². The second-order valence-electron chi connectivity index (χ2n) is 5.57. The van der Waals surface area contributed by atoms with Gasteiger partial charge in [0.15, 0.2) is 0 Å². The summed E-state index contributed by atoms with van der Waals surface area (Å²) in [5.74, 6) is -0.177. The van der Waals surface area contributed by atoms with Crippen LogP contribution in [0.4, 0.5) is 4.39 Å². The van der Waals surface area contributed by atoms with E-state index in [4.69, 9.17) is 5.73 Å². The van der Waals surface area contributed by atoms with E-state index in [-0.39, 0.29) is 5.82 Å². The van der Waals surface area contributed by atoms with E-state index in [2.05, 4.69) is 23.9 Å². The molecule has 0 aliphatic carbocycles. The van der Waals surface area contributed by atoms with Crippen molar-refractivity contribution >= 4 is 0 Å². The Labute approximate surface area is 115 Å². The smallest absolute Gasteiger partial charge is 0.123 e. The average molecular weight is 265 g/mol. The van der Waals surface area contributed by atoms with E-state index in [9.17, 15) is 4.39 Å². The molecule has 1 saturated heterocycles. The molecule has 0 aromatic heterocycles. The number of benzene rings is 1. The Balaban J connectivity index is 2.02. The molecule has 1 aliphatic heterocycles. The largest absolute Gasteiger partial charge is 0.326 e. The maximum Gasteiger partial charge on any atom is 0.123 e. The maximum atomic E-state index is 13.4. The first-order valence-electron chi connectivity index (χ1n) is 6.96. The first-order chi connectivity index (χ1) is 9.10. The van der Waals surface area contributed by atoms with Crippen LogP contribution in [0.3, 0.4) is 0 Å². The molecule has 0 atom stereocenters. The minimum atomic E-state index is -0.177. The Kier molecular flexibility index (Phi) is 4.91. The van der Waals surface area contributed by atoms with Crippen molar-refractivity contribution in [2.45, 2.75) is 32.0 Å². The summed E-state index contributed by atoms with van der Waals surface area (Å²) >= 11 is 0. The highest BCUT2D eigenvalue weighted by atomic mass is 19.1. The highest BCUT2D eigenvalue weighted by Gasteiger charge is 2.21. The van der Waals surface area contributed by atoms with Gasteiger partial charge in [-0.3, -0.25) is 4.90 Å². The molecule has 2 rings (SSSR count). The minimum absolute atomic E-state index is 0.177. The standard InChI is InChI=1S/C15H24FN3/c1-18-7-5-15(6-8-18)19(2)11-13-9-14(16)4-3-12(13)10-17/h3-4,9,15H,5-8,10-11,17H2,1-2H3. The van der Waals surface area contributed by atoms with Crippen molar-refractivity contribution in [3.05, 3.63) is 35.1 Å². The quantitative estimate of drug-likeness (QED) is 0.901. The number of hydrogen-bond acceptors (Lipinski definition) is 3. The lowest BCUT2D eigenvalue weighted by atomic mass is 10.0. The van der Waals surface area contributed by atoms with E-state index in [1.54, 1.807) is 12.1 Å². The fourth-order valence-corrected chi connectivity index (χ4v) is 2.77. The Morgan fingerprint density at radius 3 is 2.63 bits per heavy atom. The van der Waals surface area contributed by atoms with Gasteiger partial charge in [-0.25, -0.2) is 4.39 Å². The summed E-state index contributed by atoms with van der Waals surface area (Å²) in [5, 5.41) is 0. The van der Waals surface area contributed by atoms with Crippen LogP contribution in [-0.4, -0.2) is 43.0 Å². The predicted octanol–water partition coefficient (Wildman–Crippen LogP) is 1.81. The highest BCUT2D eigenvalue weighted by molar-refractivity contribution is 5.27. The monoisotopic (exact) mass is 265 g/mol. The van der Waals surface area contributed by atoms with Crippen molar-refractivity contribution in [2.24, 2.45) is 5.73 Å². The Hall–Kier alpha value is -0.970. The van der Waals surface area contributed by atoms with E-state index in [0.29, 0.717) is 12.6 Å². The van der Waals surface area contributed by atoms with Crippen LogP contribution in [0.25, 0.3) is 0 Å². The summed E-state index contributed by atoms with van der Waals surface area (Å²) in [6.07, 6.45) is 2.36. The predicted molar refractivity (Wildman–Crippen MR) is 76.3 cm³/mol. The van der Waals surface area contributed by atoms with Gasteiger partial charge in [-0.1, -0.05) is 6.07 Å². The van der Waals surface area contributed by atoms with Crippen molar-refractivity contribution in [1.82, 2.24) is 9.80 Å². The summed E-state index contributed by atoms with van der Waals surface area (Å²) in [6.45, 7) is 3.53. The van der Waals surface area contributed by atoms with Crippen molar-refractivity contribution in [1.29, 1.82) is 0 Å². The lowest BCUT2D eigenvalue weighted by Gasteiger charge is -2.35. The summed E-state index contributed by atoms with van der Waals surface area (Å²) in [7, 11) is 4.29. The SMILES string of the molecule is CN1CCC(N(C)Cc2cc(F)ccc2CN)CC1. The molecular weight excluding hydrogens is 241 g/mol. The second-order valence-corrected chi connectivity index (χ2v) is 5.57. The maximum absolute atomic E-state index is 13.4. The molecule has 0 amide bonds. The second kappa shape index (κ2) is 6.46. The van der Waals surface area contributed by atoms with Crippen LogP contribution >= 0.6 is 0 Å². The number of hydrogen-bond donors (Lipinski definition) is 1. The molecule has 4 heteroatoms. The number of nitrogens with zero attached hydrogens (tertiary/aromatic N) is 2. The van der Waals surface area contributed by atoms with Gasteiger partial charge in [0, 0.05) is 19.1 Å². The van der Waals surface area contributed by atoms with Crippen LogP contribution in [0, 0.1) is 5.82 Å². The molecule has 3 nitrogen and oxygen atoms in total. The summed E-state index contributed by atoms with van der Waals surface area (Å²) in [6, 6.07) is 5.49. The van der Waals surface area contributed by atoms with Gasteiger partial charge < -0.3 is 10.6 Å². The minimum Gasteiger partial charge on any atom is -0.326 e. The zero-order valence-corrected chi connectivity index (χ0v) is 11.9. The van der Waals surface area contributed by atoms with E-state index in [1.807, 2.05) is 0 Å². The van der Waals surface area contributed by atoms with Gasteiger partial charge in [-0.2, -0.15) is 0 Å². The molecule has 2 N–H and O–H groups in total. The highest BCUT2D eigenvalue weighted by Crippen LogP contribution is 2.19. The lowest BCUT2D eigenvalue weighted by molar-refractivity contribution is 0.139. The van der Waals surface area contributed by atoms with Gasteiger partial charge >= 0.3 is 0 Å². The number of likely N-dealkylation sites (tertiary alicyclic amines) is 1. The molecule has 0 spiro atoms. The molecule has 1 fully saturated rings. The molecule has 0 radical (unpaired) electrons. The normalized spacial score (nSPS) is 18.2. The average Bonchev–Trinajstić information content (AvgIpc) is 2.39. The molecule has 0 saturated carbocycles.